The normalized spacial score (nSPS) is 12.3. The summed E-state index contributed by atoms with van der Waals surface area (Å²) in [6.07, 6.45) is -3.43. The van der Waals surface area contributed by atoms with Crippen molar-refractivity contribution in [1.29, 1.82) is 0 Å². The Bertz CT molecular complexity index is 289. The van der Waals surface area contributed by atoms with Crippen molar-refractivity contribution >= 4 is 36.4 Å². The number of pyridine rings is 1. The van der Waals surface area contributed by atoms with Gasteiger partial charge in [-0.05, 0) is 11.6 Å². The summed E-state index contributed by atoms with van der Waals surface area (Å²) in [4.78, 5) is 3.50. The third-order valence-electron chi connectivity index (χ3n) is 1.46. The van der Waals surface area contributed by atoms with Crippen molar-refractivity contribution in [2.75, 3.05) is 0 Å². The smallest absolute Gasteiger partial charge is 0.316 e. The molecule has 0 aliphatic rings. The largest absolute Gasteiger partial charge is 0.407 e. The van der Waals surface area contributed by atoms with Crippen molar-refractivity contribution in [2.24, 2.45) is 5.73 Å². The van der Waals surface area contributed by atoms with Crippen molar-refractivity contribution < 1.29 is 13.2 Å². The molecular formula is C7H8Cl3F3N2. The van der Waals surface area contributed by atoms with Gasteiger partial charge in [0.2, 0.25) is 0 Å². The number of nitrogens with two attached hydrogens (primary N) is 1. The quantitative estimate of drug-likeness (QED) is 0.804. The van der Waals surface area contributed by atoms with E-state index in [2.05, 4.69) is 4.98 Å². The Labute approximate surface area is 102 Å². The molecule has 1 atom stereocenters. The molecule has 1 rings (SSSR count). The zero-order valence-electron chi connectivity index (χ0n) is 7.16. The van der Waals surface area contributed by atoms with E-state index in [1.54, 1.807) is 0 Å². The molecule has 1 aromatic rings. The lowest BCUT2D eigenvalue weighted by Crippen LogP contribution is -2.28. The van der Waals surface area contributed by atoms with Gasteiger partial charge in [0.15, 0.2) is 0 Å². The van der Waals surface area contributed by atoms with E-state index in [1.807, 2.05) is 0 Å². The lowest BCUT2D eigenvalue weighted by molar-refractivity contribution is -0.149. The number of hydrogen-bond donors (Lipinski definition) is 1. The van der Waals surface area contributed by atoms with Crippen LogP contribution in [0.4, 0.5) is 13.2 Å². The molecule has 0 spiro atoms. The summed E-state index contributed by atoms with van der Waals surface area (Å²) in [6, 6.07) is 0.466. The second-order valence-electron chi connectivity index (χ2n) is 2.43. The van der Waals surface area contributed by atoms with Crippen LogP contribution >= 0.6 is 36.4 Å². The fraction of sp³-hybridized carbons (Fsp3) is 0.286. The third-order valence-corrected chi connectivity index (χ3v) is 1.69. The summed E-state index contributed by atoms with van der Waals surface area (Å²) < 4.78 is 36.1. The molecule has 0 saturated heterocycles. The predicted octanol–water partition coefficient (Wildman–Crippen LogP) is 3.14. The fourth-order valence-corrected chi connectivity index (χ4v) is 0.872. The Kier molecular flexibility index (Phi) is 7.30. The van der Waals surface area contributed by atoms with E-state index in [9.17, 15) is 13.2 Å². The van der Waals surface area contributed by atoms with Crippen molar-refractivity contribution in [1.82, 2.24) is 4.98 Å². The highest BCUT2D eigenvalue weighted by Gasteiger charge is 2.37. The van der Waals surface area contributed by atoms with Crippen LogP contribution in [0.2, 0.25) is 5.15 Å². The Morgan fingerprint density at radius 2 is 1.80 bits per heavy atom. The van der Waals surface area contributed by atoms with Gasteiger partial charge in [-0.15, -0.1) is 24.8 Å². The van der Waals surface area contributed by atoms with E-state index in [0.29, 0.717) is 0 Å². The Hall–Kier alpha value is -0.230. The van der Waals surface area contributed by atoms with Gasteiger partial charge in [-0.2, -0.15) is 13.2 Å². The highest BCUT2D eigenvalue weighted by atomic mass is 35.5. The molecule has 0 saturated carbocycles. The minimum absolute atomic E-state index is 0. The first-order valence-electron chi connectivity index (χ1n) is 3.35. The number of hydrogen-bond acceptors (Lipinski definition) is 2. The highest BCUT2D eigenvalue weighted by Crippen LogP contribution is 2.30. The van der Waals surface area contributed by atoms with Crippen molar-refractivity contribution in [2.45, 2.75) is 12.2 Å². The summed E-state index contributed by atoms with van der Waals surface area (Å²) in [5.74, 6) is 0. The maximum atomic E-state index is 12.0. The molecule has 2 N–H and O–H groups in total. The third kappa shape index (κ3) is 4.88. The minimum Gasteiger partial charge on any atom is -0.316 e. The van der Waals surface area contributed by atoms with Gasteiger partial charge in [0.25, 0.3) is 0 Å². The topological polar surface area (TPSA) is 38.9 Å². The van der Waals surface area contributed by atoms with Crippen LogP contribution in [-0.4, -0.2) is 11.2 Å². The van der Waals surface area contributed by atoms with E-state index in [1.165, 1.54) is 12.1 Å². The summed E-state index contributed by atoms with van der Waals surface area (Å²) >= 11 is 5.40. The van der Waals surface area contributed by atoms with E-state index < -0.39 is 12.2 Å². The summed E-state index contributed by atoms with van der Waals surface area (Å²) in [5.41, 5.74) is 4.81. The number of rotatable bonds is 1. The van der Waals surface area contributed by atoms with Gasteiger partial charge in [-0.3, -0.25) is 0 Å². The Morgan fingerprint density at radius 3 is 2.13 bits per heavy atom. The molecule has 15 heavy (non-hydrogen) atoms. The highest BCUT2D eigenvalue weighted by molar-refractivity contribution is 6.29. The van der Waals surface area contributed by atoms with E-state index in [4.69, 9.17) is 17.3 Å². The lowest BCUT2D eigenvalue weighted by Gasteiger charge is -2.14. The van der Waals surface area contributed by atoms with E-state index in [0.717, 1.165) is 6.20 Å². The molecule has 0 fully saturated rings. The van der Waals surface area contributed by atoms with Gasteiger partial charge in [-0.1, -0.05) is 17.7 Å². The average molecular weight is 284 g/mol. The number of halogens is 6. The summed E-state index contributed by atoms with van der Waals surface area (Å²) in [6.45, 7) is 0. The number of alkyl halides is 3. The summed E-state index contributed by atoms with van der Waals surface area (Å²) in [5, 5.41) is 0.137. The Morgan fingerprint density at radius 1 is 1.27 bits per heavy atom. The molecule has 0 aliphatic carbocycles. The molecule has 0 unspecified atom stereocenters. The molecule has 8 heteroatoms. The Balaban J connectivity index is 0. The first-order valence-corrected chi connectivity index (χ1v) is 3.73. The lowest BCUT2D eigenvalue weighted by atomic mass is 10.1. The number of aromatic nitrogens is 1. The molecule has 2 nitrogen and oxygen atoms in total. The molecule has 0 radical (unpaired) electrons. The van der Waals surface area contributed by atoms with Gasteiger partial charge in [0.05, 0.1) is 0 Å². The van der Waals surface area contributed by atoms with Crippen LogP contribution in [0.25, 0.3) is 0 Å². The van der Waals surface area contributed by atoms with Gasteiger partial charge < -0.3 is 5.73 Å². The van der Waals surface area contributed by atoms with E-state index in [-0.39, 0.29) is 35.5 Å². The maximum absolute atomic E-state index is 12.0. The molecule has 1 aromatic heterocycles. The number of nitrogens with zero attached hydrogens (tertiary/aromatic N) is 1. The molecule has 0 aliphatic heterocycles. The molecule has 0 aromatic carbocycles. The van der Waals surface area contributed by atoms with Crippen molar-refractivity contribution in [3.05, 3.63) is 29.0 Å². The predicted molar refractivity (Wildman–Crippen MR) is 56.7 cm³/mol. The first-order chi connectivity index (χ1) is 5.91. The van der Waals surface area contributed by atoms with E-state index >= 15 is 0 Å². The van der Waals surface area contributed by atoms with Crippen LogP contribution in [0, 0.1) is 0 Å². The minimum atomic E-state index is -4.45. The van der Waals surface area contributed by atoms with Gasteiger partial charge in [0, 0.05) is 6.20 Å². The first kappa shape index (κ1) is 17.2. The molecular weight excluding hydrogens is 275 g/mol. The average Bonchev–Trinajstić information content (AvgIpc) is 2.03. The SMILES string of the molecule is Cl.Cl.N[C@@H](c1ccc(Cl)nc1)C(F)(F)F. The maximum Gasteiger partial charge on any atom is 0.407 e. The fourth-order valence-electron chi connectivity index (χ4n) is 0.760. The van der Waals surface area contributed by atoms with Crippen LogP contribution in [0.1, 0.15) is 11.6 Å². The van der Waals surface area contributed by atoms with Crippen molar-refractivity contribution in [3.8, 4) is 0 Å². The monoisotopic (exact) mass is 282 g/mol. The van der Waals surface area contributed by atoms with Crippen LogP contribution in [0.3, 0.4) is 0 Å². The standard InChI is InChI=1S/C7H6ClF3N2.2ClH/c8-5-2-1-4(3-13-5)6(12)7(9,10)11;;/h1-3,6H,12H2;2*1H/t6-;;/m0../s1. The molecule has 1 heterocycles. The molecule has 88 valence electrons. The van der Waals surface area contributed by atoms with Crippen LogP contribution in [-0.2, 0) is 0 Å². The van der Waals surface area contributed by atoms with Crippen LogP contribution in [0.15, 0.2) is 18.3 Å². The van der Waals surface area contributed by atoms with Crippen LogP contribution < -0.4 is 5.73 Å². The van der Waals surface area contributed by atoms with Gasteiger partial charge in [0.1, 0.15) is 11.2 Å². The van der Waals surface area contributed by atoms with Crippen molar-refractivity contribution in [3.63, 3.8) is 0 Å². The molecule has 0 bridgehead atoms. The second-order valence-corrected chi connectivity index (χ2v) is 2.82. The molecule has 0 amide bonds. The van der Waals surface area contributed by atoms with Crippen LogP contribution in [0.5, 0.6) is 0 Å². The van der Waals surface area contributed by atoms with Gasteiger partial charge in [-0.25, -0.2) is 4.98 Å². The zero-order chi connectivity index (χ0) is 10.1. The zero-order valence-corrected chi connectivity index (χ0v) is 9.55. The summed E-state index contributed by atoms with van der Waals surface area (Å²) in [7, 11) is 0. The second kappa shape index (κ2) is 6.37. The van der Waals surface area contributed by atoms with Gasteiger partial charge >= 0.3 is 6.18 Å².